The minimum atomic E-state index is -2.01. The first-order valence-electron chi connectivity index (χ1n) is 17.0. The molecule has 3 aliphatic rings. The number of nitrogens with one attached hydrogen (secondary N) is 3. The summed E-state index contributed by atoms with van der Waals surface area (Å²) in [6, 6.07) is 1.67. The number of amides is 3. The zero-order valence-electron chi connectivity index (χ0n) is 29.7. The van der Waals surface area contributed by atoms with Crippen LogP contribution in [0.15, 0.2) is 12.1 Å². The Bertz CT molecular complexity index is 1410. The number of aryl methyl sites for hydroxylation is 2. The summed E-state index contributed by atoms with van der Waals surface area (Å²) in [5.41, 5.74) is -2.01. The largest absolute Gasteiger partial charge is 0.507 e. The molecule has 3 fully saturated rings. The van der Waals surface area contributed by atoms with E-state index in [0.717, 1.165) is 0 Å². The van der Waals surface area contributed by atoms with Gasteiger partial charge in [-0.2, -0.15) is 0 Å². The zero-order chi connectivity index (χ0) is 37.2. The van der Waals surface area contributed by atoms with Gasteiger partial charge in [0.15, 0.2) is 5.60 Å². The molecule has 280 valence electrons. The van der Waals surface area contributed by atoms with Crippen molar-refractivity contribution < 1.29 is 54.2 Å². The maximum atomic E-state index is 13.0. The van der Waals surface area contributed by atoms with Crippen molar-refractivity contribution in [2.75, 3.05) is 45.8 Å². The number of carboxylic acid groups (broad SMARTS) is 1. The van der Waals surface area contributed by atoms with E-state index in [1.165, 1.54) is 19.1 Å². The molecule has 0 saturated carbocycles. The second kappa shape index (κ2) is 15.4. The quantitative estimate of drug-likeness (QED) is 0.155. The van der Waals surface area contributed by atoms with Crippen LogP contribution in [0.4, 0.5) is 4.79 Å². The smallest absolute Gasteiger partial charge is 0.410 e. The number of carbonyl (C=O) groups is 4. The monoisotopic (exact) mass is 707 g/mol. The molecule has 0 bridgehead atoms. The lowest BCUT2D eigenvalue weighted by Crippen LogP contribution is -2.68. The summed E-state index contributed by atoms with van der Waals surface area (Å²) in [6.07, 6.45) is -6.91. The summed E-state index contributed by atoms with van der Waals surface area (Å²) in [6.45, 7) is 12.2. The average Bonchev–Trinajstić information content (AvgIpc) is 3.45. The van der Waals surface area contributed by atoms with Crippen LogP contribution >= 0.6 is 0 Å². The molecule has 7 atom stereocenters. The molecule has 0 aliphatic carbocycles. The SMILES string of the molecule is CC(=O)N[C@H]1[C@H]([C@H](O)[C@H](O)CNC(=O)c2cc(C)c(O)c(C)c2)O[C@@](CCN2CCNC[C@]23CCN(C(=O)OC(C)(C)C)C3)(C(=O)O)C[C@@H]1O. The fourth-order valence-corrected chi connectivity index (χ4v) is 7.18. The van der Waals surface area contributed by atoms with Crippen LogP contribution in [0.3, 0.4) is 0 Å². The second-order valence-corrected chi connectivity index (χ2v) is 14.9. The number of phenolic OH excluding ortho intramolecular Hbond substituents is 1. The lowest BCUT2D eigenvalue weighted by Gasteiger charge is -2.49. The molecule has 3 heterocycles. The maximum absolute atomic E-state index is 13.0. The van der Waals surface area contributed by atoms with Crippen molar-refractivity contribution in [2.24, 2.45) is 0 Å². The van der Waals surface area contributed by atoms with Crippen LogP contribution in [0.1, 0.15) is 68.4 Å². The third-order valence-electron chi connectivity index (χ3n) is 9.84. The van der Waals surface area contributed by atoms with Gasteiger partial charge >= 0.3 is 12.1 Å². The van der Waals surface area contributed by atoms with E-state index in [1.807, 2.05) is 0 Å². The minimum Gasteiger partial charge on any atom is -0.507 e. The Morgan fingerprint density at radius 2 is 1.80 bits per heavy atom. The van der Waals surface area contributed by atoms with Crippen LogP contribution in [-0.4, -0.2) is 152 Å². The third kappa shape index (κ3) is 8.84. The fourth-order valence-electron chi connectivity index (χ4n) is 7.18. The number of hydrogen-bond donors (Lipinski definition) is 8. The number of benzene rings is 1. The number of carbonyl (C=O) groups excluding carboxylic acids is 3. The number of likely N-dealkylation sites (tertiary alicyclic amines) is 1. The Hall–Kier alpha value is -3.54. The van der Waals surface area contributed by atoms with Gasteiger partial charge in [-0.15, -0.1) is 0 Å². The highest BCUT2D eigenvalue weighted by Gasteiger charge is 2.55. The van der Waals surface area contributed by atoms with Gasteiger partial charge in [-0.1, -0.05) is 0 Å². The van der Waals surface area contributed by atoms with Crippen molar-refractivity contribution in [1.29, 1.82) is 0 Å². The van der Waals surface area contributed by atoms with Gasteiger partial charge in [-0.25, -0.2) is 9.59 Å². The molecular weight excluding hydrogens is 654 g/mol. The number of carboxylic acids is 1. The Morgan fingerprint density at radius 3 is 2.40 bits per heavy atom. The zero-order valence-corrected chi connectivity index (χ0v) is 29.7. The van der Waals surface area contributed by atoms with Gasteiger partial charge in [-0.05, 0) is 64.3 Å². The highest BCUT2D eigenvalue weighted by Crippen LogP contribution is 2.37. The van der Waals surface area contributed by atoms with E-state index in [1.54, 1.807) is 39.5 Å². The molecule has 1 spiro atoms. The van der Waals surface area contributed by atoms with Gasteiger partial charge in [-0.3, -0.25) is 14.5 Å². The average molecular weight is 708 g/mol. The lowest BCUT2D eigenvalue weighted by molar-refractivity contribution is -0.230. The highest BCUT2D eigenvalue weighted by molar-refractivity contribution is 5.94. The number of nitrogens with zero attached hydrogens (tertiary/aromatic N) is 2. The van der Waals surface area contributed by atoms with Crippen molar-refractivity contribution >= 4 is 23.9 Å². The molecule has 0 radical (unpaired) electrons. The van der Waals surface area contributed by atoms with Crippen molar-refractivity contribution in [2.45, 2.75) is 108 Å². The van der Waals surface area contributed by atoms with E-state index < -0.39 is 84.0 Å². The van der Waals surface area contributed by atoms with Gasteiger partial charge in [0.25, 0.3) is 5.91 Å². The van der Waals surface area contributed by atoms with Crippen molar-refractivity contribution in [1.82, 2.24) is 25.8 Å². The number of aliphatic hydroxyl groups is 3. The molecule has 4 rings (SSSR count). The number of aromatic hydroxyl groups is 1. The highest BCUT2D eigenvalue weighted by atomic mass is 16.6. The molecule has 3 amide bonds. The molecule has 1 aromatic carbocycles. The summed E-state index contributed by atoms with van der Waals surface area (Å²) in [4.78, 5) is 54.5. The number of hydrogen-bond acceptors (Lipinski definition) is 12. The van der Waals surface area contributed by atoms with Gasteiger partial charge in [0, 0.05) is 71.1 Å². The number of phenols is 1. The normalized spacial score (nSPS) is 28.6. The number of ether oxygens (including phenoxy) is 2. The van der Waals surface area contributed by atoms with Gasteiger partial charge in [0.05, 0.1) is 23.8 Å². The molecule has 1 aromatic rings. The topological polar surface area (TPSA) is 230 Å². The van der Waals surface area contributed by atoms with Crippen LogP contribution < -0.4 is 16.0 Å². The second-order valence-electron chi connectivity index (χ2n) is 14.9. The minimum absolute atomic E-state index is 0.0501. The first-order chi connectivity index (χ1) is 23.3. The van der Waals surface area contributed by atoms with Crippen LogP contribution in [0.25, 0.3) is 0 Å². The summed E-state index contributed by atoms with van der Waals surface area (Å²) >= 11 is 0. The van der Waals surface area contributed by atoms with Gasteiger partial charge in [0.1, 0.15) is 23.6 Å². The van der Waals surface area contributed by atoms with E-state index in [2.05, 4.69) is 20.9 Å². The first-order valence-corrected chi connectivity index (χ1v) is 17.0. The summed E-state index contributed by atoms with van der Waals surface area (Å²) < 4.78 is 11.7. The van der Waals surface area contributed by atoms with E-state index in [4.69, 9.17) is 9.47 Å². The van der Waals surface area contributed by atoms with Crippen molar-refractivity contribution in [3.05, 3.63) is 28.8 Å². The fraction of sp³-hybridized carbons (Fsp3) is 0.706. The summed E-state index contributed by atoms with van der Waals surface area (Å²) in [5.74, 6) is -2.50. The molecule has 0 aromatic heterocycles. The molecule has 3 saturated heterocycles. The lowest BCUT2D eigenvalue weighted by atomic mass is 9.81. The Balaban J connectivity index is 1.50. The van der Waals surface area contributed by atoms with E-state index >= 15 is 0 Å². The molecule has 3 aliphatic heterocycles. The number of aliphatic carboxylic acids is 1. The van der Waals surface area contributed by atoms with Gasteiger partial charge < -0.3 is 55.9 Å². The first kappa shape index (κ1) is 39.2. The Kier molecular flexibility index (Phi) is 12.1. The van der Waals surface area contributed by atoms with Crippen LogP contribution in [0.2, 0.25) is 0 Å². The van der Waals surface area contributed by atoms with E-state index in [0.29, 0.717) is 50.3 Å². The van der Waals surface area contributed by atoms with Crippen molar-refractivity contribution in [3.63, 3.8) is 0 Å². The number of aliphatic hydroxyl groups excluding tert-OH is 3. The molecule has 16 heteroatoms. The Morgan fingerprint density at radius 1 is 1.14 bits per heavy atom. The van der Waals surface area contributed by atoms with E-state index in [9.17, 15) is 44.7 Å². The van der Waals surface area contributed by atoms with Crippen molar-refractivity contribution in [3.8, 4) is 5.75 Å². The Labute approximate surface area is 292 Å². The van der Waals surface area contributed by atoms with Crippen LogP contribution in [-0.2, 0) is 19.1 Å². The number of rotatable bonds is 10. The van der Waals surface area contributed by atoms with E-state index in [-0.39, 0.29) is 24.3 Å². The van der Waals surface area contributed by atoms with Crippen LogP contribution in [0.5, 0.6) is 5.75 Å². The third-order valence-corrected chi connectivity index (χ3v) is 9.84. The molecular formula is C34H53N5O11. The predicted octanol–water partition coefficient (Wildman–Crippen LogP) is -0.387. The summed E-state index contributed by atoms with van der Waals surface area (Å²) in [5, 5.41) is 62.6. The molecule has 16 nitrogen and oxygen atoms in total. The molecule has 0 unspecified atom stereocenters. The standard InChI is InChI=1S/C34H53N5O11/c1-19-13-22(14-20(2)26(19)43)29(45)36-16-24(42)27(44)28-25(37-21(3)40)23(41)15-34(49-28,30(46)47)8-11-39-12-9-35-17-33(39)7-10-38(18-33)31(48)50-32(4,5)6/h13-14,23-25,27-28,35,41-44H,7-12,15-18H2,1-6H3,(H,36,45)(H,37,40)(H,46,47)/t23-,24+,25+,27+,28+,33-,34+/m0/s1. The molecule has 8 N–H and O–H groups in total. The summed E-state index contributed by atoms with van der Waals surface area (Å²) in [7, 11) is 0. The predicted molar refractivity (Wildman–Crippen MR) is 180 cm³/mol. The molecule has 50 heavy (non-hydrogen) atoms. The number of piperazine rings is 1. The van der Waals surface area contributed by atoms with Crippen LogP contribution in [0, 0.1) is 13.8 Å². The maximum Gasteiger partial charge on any atom is 0.410 e. The van der Waals surface area contributed by atoms with Gasteiger partial charge in [0.2, 0.25) is 5.91 Å².